The Morgan fingerprint density at radius 2 is 2.36 bits per heavy atom. The Kier molecular flexibility index (Phi) is 3.80. The molecule has 0 aromatic heterocycles. The normalized spacial score (nSPS) is 31.1. The largest absolute Gasteiger partial charge is 0.380 e. The van der Waals surface area contributed by atoms with Crippen LogP contribution < -0.4 is 5.32 Å². The topological polar surface area (TPSA) is 21.3 Å². The SMILES string of the molecule is COC1CCCC1NCCF. The highest BCUT2D eigenvalue weighted by Crippen LogP contribution is 2.20. The molecule has 1 saturated carbocycles. The van der Waals surface area contributed by atoms with Gasteiger partial charge in [-0.15, -0.1) is 0 Å². The molecular weight excluding hydrogens is 145 g/mol. The van der Waals surface area contributed by atoms with Crippen LogP contribution >= 0.6 is 0 Å². The van der Waals surface area contributed by atoms with E-state index in [0.29, 0.717) is 18.7 Å². The fourth-order valence-electron chi connectivity index (χ4n) is 1.68. The van der Waals surface area contributed by atoms with Gasteiger partial charge in [0.2, 0.25) is 0 Å². The van der Waals surface area contributed by atoms with Gasteiger partial charge in [0.05, 0.1) is 6.10 Å². The summed E-state index contributed by atoms with van der Waals surface area (Å²) in [5.74, 6) is 0. The molecule has 3 heteroatoms. The first kappa shape index (κ1) is 8.94. The van der Waals surface area contributed by atoms with Crippen molar-refractivity contribution in [1.29, 1.82) is 0 Å². The molecule has 0 radical (unpaired) electrons. The lowest BCUT2D eigenvalue weighted by Gasteiger charge is -2.18. The second-order valence-electron chi connectivity index (χ2n) is 2.95. The molecule has 1 N–H and O–H groups in total. The van der Waals surface area contributed by atoms with Gasteiger partial charge in [0.25, 0.3) is 0 Å². The Hall–Kier alpha value is -0.150. The third-order valence-corrected chi connectivity index (χ3v) is 2.26. The van der Waals surface area contributed by atoms with Crippen LogP contribution in [0.3, 0.4) is 0 Å². The van der Waals surface area contributed by atoms with E-state index in [1.807, 2.05) is 0 Å². The maximum atomic E-state index is 11.8. The van der Waals surface area contributed by atoms with Crippen molar-refractivity contribution < 1.29 is 9.13 Å². The van der Waals surface area contributed by atoms with Gasteiger partial charge in [-0.05, 0) is 19.3 Å². The summed E-state index contributed by atoms with van der Waals surface area (Å²) in [5.41, 5.74) is 0. The van der Waals surface area contributed by atoms with Crippen molar-refractivity contribution in [3.63, 3.8) is 0 Å². The number of rotatable bonds is 4. The summed E-state index contributed by atoms with van der Waals surface area (Å²) in [4.78, 5) is 0. The first-order valence-electron chi connectivity index (χ1n) is 4.20. The zero-order chi connectivity index (χ0) is 8.10. The van der Waals surface area contributed by atoms with Crippen LogP contribution in [-0.2, 0) is 4.74 Å². The maximum absolute atomic E-state index is 11.8. The van der Waals surface area contributed by atoms with Crippen LogP contribution in [0.25, 0.3) is 0 Å². The van der Waals surface area contributed by atoms with E-state index in [0.717, 1.165) is 12.8 Å². The van der Waals surface area contributed by atoms with E-state index in [-0.39, 0.29) is 6.67 Å². The quantitative estimate of drug-likeness (QED) is 0.667. The number of hydrogen-bond donors (Lipinski definition) is 1. The summed E-state index contributed by atoms with van der Waals surface area (Å²) >= 11 is 0. The third kappa shape index (κ3) is 2.42. The predicted molar refractivity (Wildman–Crippen MR) is 42.4 cm³/mol. The number of hydrogen-bond acceptors (Lipinski definition) is 2. The summed E-state index contributed by atoms with van der Waals surface area (Å²) in [6.07, 6.45) is 3.74. The lowest BCUT2D eigenvalue weighted by Crippen LogP contribution is -2.37. The lowest BCUT2D eigenvalue weighted by molar-refractivity contribution is 0.0848. The Bertz CT molecular complexity index is 110. The smallest absolute Gasteiger partial charge is 0.102 e. The number of methoxy groups -OCH3 is 1. The minimum absolute atomic E-state index is 0.285. The van der Waals surface area contributed by atoms with Crippen LogP contribution in [-0.4, -0.2) is 32.5 Å². The molecule has 0 aromatic rings. The lowest BCUT2D eigenvalue weighted by atomic mass is 10.2. The average Bonchev–Trinajstić information content (AvgIpc) is 2.47. The fourth-order valence-corrected chi connectivity index (χ4v) is 1.68. The summed E-state index contributed by atoms with van der Waals surface area (Å²) in [7, 11) is 1.72. The maximum Gasteiger partial charge on any atom is 0.102 e. The molecule has 1 aliphatic carbocycles. The van der Waals surface area contributed by atoms with Crippen molar-refractivity contribution >= 4 is 0 Å². The van der Waals surface area contributed by atoms with Crippen molar-refractivity contribution in [3.05, 3.63) is 0 Å². The second kappa shape index (κ2) is 4.67. The molecule has 2 atom stereocenters. The van der Waals surface area contributed by atoms with Crippen molar-refractivity contribution in [2.45, 2.75) is 31.4 Å². The van der Waals surface area contributed by atoms with Crippen LogP contribution in [0.1, 0.15) is 19.3 Å². The van der Waals surface area contributed by atoms with E-state index in [9.17, 15) is 4.39 Å². The van der Waals surface area contributed by atoms with E-state index in [1.165, 1.54) is 6.42 Å². The second-order valence-corrected chi connectivity index (χ2v) is 2.95. The van der Waals surface area contributed by atoms with E-state index in [1.54, 1.807) is 7.11 Å². The number of alkyl halides is 1. The molecule has 0 bridgehead atoms. The van der Waals surface area contributed by atoms with E-state index in [4.69, 9.17) is 4.74 Å². The van der Waals surface area contributed by atoms with Crippen molar-refractivity contribution in [1.82, 2.24) is 5.32 Å². The average molecular weight is 161 g/mol. The molecule has 2 unspecified atom stereocenters. The molecule has 0 aliphatic heterocycles. The number of ether oxygens (including phenoxy) is 1. The Balaban J connectivity index is 2.20. The van der Waals surface area contributed by atoms with Crippen LogP contribution in [0, 0.1) is 0 Å². The highest BCUT2D eigenvalue weighted by Gasteiger charge is 2.25. The first-order chi connectivity index (χ1) is 5.38. The van der Waals surface area contributed by atoms with Crippen LogP contribution in [0.4, 0.5) is 4.39 Å². The van der Waals surface area contributed by atoms with Gasteiger partial charge in [0, 0.05) is 19.7 Å². The monoisotopic (exact) mass is 161 g/mol. The summed E-state index contributed by atoms with van der Waals surface area (Å²) in [5, 5.41) is 3.13. The summed E-state index contributed by atoms with van der Waals surface area (Å²) < 4.78 is 17.0. The zero-order valence-corrected chi connectivity index (χ0v) is 6.98. The molecule has 11 heavy (non-hydrogen) atoms. The molecule has 2 nitrogen and oxygen atoms in total. The zero-order valence-electron chi connectivity index (χ0n) is 6.98. The van der Waals surface area contributed by atoms with Gasteiger partial charge in [-0.3, -0.25) is 0 Å². The molecule has 0 aromatic carbocycles. The number of nitrogens with one attached hydrogen (secondary N) is 1. The van der Waals surface area contributed by atoms with Gasteiger partial charge in [0.1, 0.15) is 6.67 Å². The van der Waals surface area contributed by atoms with Crippen LogP contribution in [0.5, 0.6) is 0 Å². The van der Waals surface area contributed by atoms with Crippen molar-refractivity contribution in [2.24, 2.45) is 0 Å². The molecule has 0 amide bonds. The fraction of sp³-hybridized carbons (Fsp3) is 1.00. The van der Waals surface area contributed by atoms with E-state index < -0.39 is 0 Å². The number of halogens is 1. The van der Waals surface area contributed by atoms with Gasteiger partial charge in [-0.1, -0.05) is 0 Å². The molecule has 1 fully saturated rings. The predicted octanol–water partition coefficient (Wildman–Crippen LogP) is 1.11. The van der Waals surface area contributed by atoms with E-state index in [2.05, 4.69) is 5.32 Å². The van der Waals surface area contributed by atoms with Crippen molar-refractivity contribution in [2.75, 3.05) is 20.3 Å². The molecule has 66 valence electrons. The van der Waals surface area contributed by atoms with Gasteiger partial charge in [-0.25, -0.2) is 4.39 Å². The van der Waals surface area contributed by atoms with Gasteiger partial charge in [-0.2, -0.15) is 0 Å². The molecule has 1 aliphatic rings. The highest BCUT2D eigenvalue weighted by molar-refractivity contribution is 4.83. The standard InChI is InChI=1S/C8H16FNO/c1-11-8-4-2-3-7(8)10-6-5-9/h7-8,10H,2-6H2,1H3. The molecule has 0 spiro atoms. The third-order valence-electron chi connectivity index (χ3n) is 2.26. The Labute approximate surface area is 67.1 Å². The van der Waals surface area contributed by atoms with Crippen LogP contribution in [0.15, 0.2) is 0 Å². The summed E-state index contributed by atoms with van der Waals surface area (Å²) in [6.45, 7) is 0.178. The molecule has 0 saturated heterocycles. The summed E-state index contributed by atoms with van der Waals surface area (Å²) in [6, 6.07) is 0.385. The van der Waals surface area contributed by atoms with Gasteiger partial charge < -0.3 is 10.1 Å². The minimum atomic E-state index is -0.285. The minimum Gasteiger partial charge on any atom is -0.380 e. The first-order valence-corrected chi connectivity index (χ1v) is 4.20. The Morgan fingerprint density at radius 3 is 3.00 bits per heavy atom. The van der Waals surface area contributed by atoms with Crippen LogP contribution in [0.2, 0.25) is 0 Å². The van der Waals surface area contributed by atoms with Gasteiger partial charge in [0.15, 0.2) is 0 Å². The van der Waals surface area contributed by atoms with Crippen molar-refractivity contribution in [3.8, 4) is 0 Å². The highest BCUT2D eigenvalue weighted by atomic mass is 19.1. The molecular formula is C8H16FNO. The van der Waals surface area contributed by atoms with E-state index >= 15 is 0 Å². The molecule has 0 heterocycles. The van der Waals surface area contributed by atoms with Gasteiger partial charge >= 0.3 is 0 Å². The molecule has 1 rings (SSSR count). The Morgan fingerprint density at radius 1 is 1.55 bits per heavy atom.